The molecule has 0 radical (unpaired) electrons. The fraction of sp³-hybridized carbons (Fsp3) is 0.421. The molecule has 1 atom stereocenters. The number of hydrogen-bond donors (Lipinski definition) is 1. The number of nitrogens with zero attached hydrogens (tertiary/aromatic N) is 2. The standard InChI is InChI=1S/C19H25N3O/c1-14(2)18-17-5-4-10-21(17)11-12-22(18)19(23)20-13-16-8-6-15(3)7-9-16/h4-10,14,18H,11-13H2,1-3H3,(H,20,23). The molecule has 0 saturated carbocycles. The van der Waals surface area contributed by atoms with Crippen LogP contribution in [0.15, 0.2) is 42.6 Å². The number of rotatable bonds is 3. The smallest absolute Gasteiger partial charge is 0.318 e. The normalized spacial score (nSPS) is 17.2. The Morgan fingerprint density at radius 3 is 2.65 bits per heavy atom. The van der Waals surface area contributed by atoms with Crippen molar-refractivity contribution < 1.29 is 4.79 Å². The molecule has 0 aliphatic carbocycles. The van der Waals surface area contributed by atoms with E-state index in [-0.39, 0.29) is 12.1 Å². The molecular weight excluding hydrogens is 286 g/mol. The quantitative estimate of drug-likeness (QED) is 0.921. The Morgan fingerprint density at radius 2 is 1.96 bits per heavy atom. The van der Waals surface area contributed by atoms with E-state index >= 15 is 0 Å². The highest BCUT2D eigenvalue weighted by molar-refractivity contribution is 5.75. The van der Waals surface area contributed by atoms with E-state index in [1.807, 2.05) is 4.90 Å². The molecule has 3 rings (SSSR count). The van der Waals surface area contributed by atoms with Gasteiger partial charge in [0.1, 0.15) is 0 Å². The van der Waals surface area contributed by atoms with Crippen LogP contribution in [0, 0.1) is 12.8 Å². The minimum absolute atomic E-state index is 0.0247. The Balaban J connectivity index is 1.70. The maximum atomic E-state index is 12.7. The van der Waals surface area contributed by atoms with Crippen LogP contribution in [0.2, 0.25) is 0 Å². The zero-order valence-corrected chi connectivity index (χ0v) is 14.1. The summed E-state index contributed by atoms with van der Waals surface area (Å²) in [6.45, 7) is 8.61. The second-order valence-electron chi connectivity index (χ2n) is 6.65. The molecule has 0 bridgehead atoms. The number of carbonyl (C=O) groups is 1. The predicted molar refractivity (Wildman–Crippen MR) is 92.1 cm³/mol. The average molecular weight is 311 g/mol. The van der Waals surface area contributed by atoms with Gasteiger partial charge in [0, 0.05) is 31.5 Å². The van der Waals surface area contributed by atoms with E-state index in [4.69, 9.17) is 0 Å². The first kappa shape index (κ1) is 15.7. The number of carbonyl (C=O) groups excluding carboxylic acids is 1. The number of aryl methyl sites for hydroxylation is 1. The molecule has 1 aliphatic heterocycles. The lowest BCUT2D eigenvalue weighted by molar-refractivity contribution is 0.133. The second-order valence-corrected chi connectivity index (χ2v) is 6.65. The Kier molecular flexibility index (Phi) is 4.42. The molecule has 1 aromatic heterocycles. The molecule has 1 aliphatic rings. The van der Waals surface area contributed by atoms with Gasteiger partial charge in [0.05, 0.1) is 6.04 Å². The summed E-state index contributed by atoms with van der Waals surface area (Å²) in [7, 11) is 0. The predicted octanol–water partition coefficient (Wildman–Crippen LogP) is 3.72. The molecule has 2 heterocycles. The van der Waals surface area contributed by atoms with Gasteiger partial charge in [-0.05, 0) is 30.5 Å². The fourth-order valence-corrected chi connectivity index (χ4v) is 3.33. The highest BCUT2D eigenvalue weighted by Crippen LogP contribution is 2.32. The third-order valence-electron chi connectivity index (χ3n) is 4.54. The molecule has 2 amide bonds. The SMILES string of the molecule is Cc1ccc(CNC(=O)N2CCn3cccc3C2C(C)C)cc1. The molecule has 23 heavy (non-hydrogen) atoms. The van der Waals surface area contributed by atoms with Crippen molar-refractivity contribution in [3.8, 4) is 0 Å². The Labute approximate surface area is 138 Å². The summed E-state index contributed by atoms with van der Waals surface area (Å²) < 4.78 is 2.26. The first-order valence-corrected chi connectivity index (χ1v) is 8.31. The van der Waals surface area contributed by atoms with E-state index < -0.39 is 0 Å². The van der Waals surface area contributed by atoms with Gasteiger partial charge in [-0.2, -0.15) is 0 Å². The minimum Gasteiger partial charge on any atom is -0.348 e. The molecule has 2 aromatic rings. The number of urea groups is 1. The van der Waals surface area contributed by atoms with E-state index in [9.17, 15) is 4.79 Å². The number of fused-ring (bicyclic) bond motifs is 1. The van der Waals surface area contributed by atoms with Gasteiger partial charge in [0.2, 0.25) is 0 Å². The summed E-state index contributed by atoms with van der Waals surface area (Å²) >= 11 is 0. The Hall–Kier alpha value is -2.23. The van der Waals surface area contributed by atoms with Gasteiger partial charge < -0.3 is 14.8 Å². The van der Waals surface area contributed by atoms with Gasteiger partial charge in [-0.15, -0.1) is 0 Å². The zero-order chi connectivity index (χ0) is 16.4. The maximum Gasteiger partial charge on any atom is 0.318 e. The average Bonchev–Trinajstić information content (AvgIpc) is 3.01. The van der Waals surface area contributed by atoms with Gasteiger partial charge in [0.15, 0.2) is 0 Å². The van der Waals surface area contributed by atoms with E-state index in [0.29, 0.717) is 12.5 Å². The van der Waals surface area contributed by atoms with Gasteiger partial charge in [-0.1, -0.05) is 43.7 Å². The van der Waals surface area contributed by atoms with Crippen LogP contribution in [0.1, 0.15) is 36.7 Å². The maximum absolute atomic E-state index is 12.7. The summed E-state index contributed by atoms with van der Waals surface area (Å²) in [6.07, 6.45) is 2.10. The topological polar surface area (TPSA) is 37.3 Å². The van der Waals surface area contributed by atoms with Crippen molar-refractivity contribution in [1.29, 1.82) is 0 Å². The van der Waals surface area contributed by atoms with E-state index in [1.165, 1.54) is 11.3 Å². The van der Waals surface area contributed by atoms with Crippen molar-refractivity contribution in [3.63, 3.8) is 0 Å². The Morgan fingerprint density at radius 1 is 1.22 bits per heavy atom. The third-order valence-corrected chi connectivity index (χ3v) is 4.54. The molecule has 1 unspecified atom stereocenters. The van der Waals surface area contributed by atoms with Crippen molar-refractivity contribution in [3.05, 3.63) is 59.4 Å². The first-order chi connectivity index (χ1) is 11.1. The van der Waals surface area contributed by atoms with Gasteiger partial charge in [-0.25, -0.2) is 4.79 Å². The Bertz CT molecular complexity index is 672. The van der Waals surface area contributed by atoms with Crippen LogP contribution < -0.4 is 5.32 Å². The number of hydrogen-bond acceptors (Lipinski definition) is 1. The second kappa shape index (κ2) is 6.49. The number of nitrogens with one attached hydrogen (secondary N) is 1. The van der Waals surface area contributed by atoms with Crippen LogP contribution in [0.4, 0.5) is 4.79 Å². The number of aromatic nitrogens is 1. The number of benzene rings is 1. The van der Waals surface area contributed by atoms with Gasteiger partial charge >= 0.3 is 6.03 Å². The van der Waals surface area contributed by atoms with Crippen LogP contribution in [-0.4, -0.2) is 22.0 Å². The highest BCUT2D eigenvalue weighted by atomic mass is 16.2. The van der Waals surface area contributed by atoms with Crippen molar-refractivity contribution >= 4 is 6.03 Å². The van der Waals surface area contributed by atoms with Crippen molar-refractivity contribution in [2.45, 2.75) is 39.9 Å². The number of amides is 2. The zero-order valence-electron chi connectivity index (χ0n) is 14.1. The first-order valence-electron chi connectivity index (χ1n) is 8.31. The third kappa shape index (κ3) is 3.26. The van der Waals surface area contributed by atoms with Crippen molar-refractivity contribution in [2.75, 3.05) is 6.54 Å². The van der Waals surface area contributed by atoms with E-state index in [2.05, 4.69) is 73.3 Å². The molecule has 4 heteroatoms. The lowest BCUT2D eigenvalue weighted by atomic mass is 9.97. The largest absolute Gasteiger partial charge is 0.348 e. The van der Waals surface area contributed by atoms with Crippen LogP contribution in [0.3, 0.4) is 0 Å². The summed E-state index contributed by atoms with van der Waals surface area (Å²) in [5, 5.41) is 3.07. The summed E-state index contributed by atoms with van der Waals surface area (Å²) in [5.74, 6) is 0.383. The highest BCUT2D eigenvalue weighted by Gasteiger charge is 2.32. The minimum atomic E-state index is 0.0247. The lowest BCUT2D eigenvalue weighted by Gasteiger charge is -2.39. The molecular formula is C19H25N3O. The van der Waals surface area contributed by atoms with Crippen LogP contribution >= 0.6 is 0 Å². The van der Waals surface area contributed by atoms with Crippen molar-refractivity contribution in [1.82, 2.24) is 14.8 Å². The summed E-state index contributed by atoms with van der Waals surface area (Å²) in [5.41, 5.74) is 3.60. The van der Waals surface area contributed by atoms with E-state index in [0.717, 1.165) is 18.7 Å². The van der Waals surface area contributed by atoms with Gasteiger partial charge in [0.25, 0.3) is 0 Å². The van der Waals surface area contributed by atoms with E-state index in [1.54, 1.807) is 0 Å². The molecule has 0 saturated heterocycles. The molecule has 1 aromatic carbocycles. The molecule has 0 fully saturated rings. The molecule has 4 nitrogen and oxygen atoms in total. The van der Waals surface area contributed by atoms with Crippen LogP contribution in [0.25, 0.3) is 0 Å². The van der Waals surface area contributed by atoms with Gasteiger partial charge in [-0.3, -0.25) is 0 Å². The fourth-order valence-electron chi connectivity index (χ4n) is 3.33. The van der Waals surface area contributed by atoms with Crippen molar-refractivity contribution in [2.24, 2.45) is 5.92 Å². The molecule has 122 valence electrons. The monoisotopic (exact) mass is 311 g/mol. The summed E-state index contributed by atoms with van der Waals surface area (Å²) in [6, 6.07) is 12.6. The molecule has 0 spiro atoms. The summed E-state index contributed by atoms with van der Waals surface area (Å²) in [4.78, 5) is 14.7. The molecule has 1 N–H and O–H groups in total. The lowest BCUT2D eigenvalue weighted by Crippen LogP contribution is -2.48. The van der Waals surface area contributed by atoms with Crippen LogP contribution in [0.5, 0.6) is 0 Å². The van der Waals surface area contributed by atoms with Crippen LogP contribution in [-0.2, 0) is 13.1 Å².